The molecule has 0 saturated heterocycles. The molecule has 0 bridgehead atoms. The molecular formula is C21H26ClN3O6S. The van der Waals surface area contributed by atoms with Crippen LogP contribution in [0.2, 0.25) is 5.02 Å². The van der Waals surface area contributed by atoms with Gasteiger partial charge >= 0.3 is 0 Å². The minimum Gasteiger partial charge on any atom is -0.495 e. The van der Waals surface area contributed by atoms with Crippen LogP contribution in [0.5, 0.6) is 11.5 Å². The van der Waals surface area contributed by atoms with Crippen LogP contribution in [0.4, 0.5) is 5.69 Å². The third kappa shape index (κ3) is 5.63. The summed E-state index contributed by atoms with van der Waals surface area (Å²) in [7, 11) is 1.85. The summed E-state index contributed by atoms with van der Waals surface area (Å²) in [6, 6.07) is 6.30. The number of carbonyl (C=O) groups excluding carboxylic acids is 2. The first-order chi connectivity index (χ1) is 14.9. The van der Waals surface area contributed by atoms with Gasteiger partial charge in [-0.25, -0.2) is 8.42 Å². The van der Waals surface area contributed by atoms with Gasteiger partial charge in [-0.1, -0.05) is 17.7 Å². The fourth-order valence-electron chi connectivity index (χ4n) is 2.90. The highest BCUT2D eigenvalue weighted by Crippen LogP contribution is 2.37. The average molecular weight is 484 g/mol. The van der Waals surface area contributed by atoms with E-state index in [2.05, 4.69) is 10.0 Å². The van der Waals surface area contributed by atoms with Gasteiger partial charge < -0.3 is 19.7 Å². The summed E-state index contributed by atoms with van der Waals surface area (Å²) in [6.07, 6.45) is 0. The topological polar surface area (TPSA) is 114 Å². The van der Waals surface area contributed by atoms with Crippen molar-refractivity contribution < 1.29 is 27.5 Å². The molecule has 0 aromatic heterocycles. The lowest BCUT2D eigenvalue weighted by Gasteiger charge is -2.18. The minimum atomic E-state index is -4.11. The van der Waals surface area contributed by atoms with Crippen LogP contribution in [-0.2, 0) is 14.8 Å². The second-order valence-electron chi connectivity index (χ2n) is 7.20. The molecule has 0 saturated carbocycles. The average Bonchev–Trinajstić information content (AvgIpc) is 2.73. The van der Waals surface area contributed by atoms with Gasteiger partial charge in [0, 0.05) is 25.7 Å². The number of aryl methyl sites for hydroxylation is 1. The van der Waals surface area contributed by atoms with Gasteiger partial charge in [0.2, 0.25) is 5.91 Å². The lowest BCUT2D eigenvalue weighted by molar-refractivity contribution is -0.130. The highest BCUT2D eigenvalue weighted by atomic mass is 35.5. The first kappa shape index (κ1) is 25.3. The minimum absolute atomic E-state index is 0.0918. The maximum Gasteiger partial charge on any atom is 0.262 e. The van der Waals surface area contributed by atoms with Gasteiger partial charge in [-0.3, -0.25) is 14.3 Å². The zero-order chi connectivity index (χ0) is 24.2. The van der Waals surface area contributed by atoms with Crippen LogP contribution in [0.3, 0.4) is 0 Å². The predicted molar refractivity (Wildman–Crippen MR) is 122 cm³/mol. The summed E-state index contributed by atoms with van der Waals surface area (Å²) in [5, 5.41) is 2.76. The number of hydrogen-bond acceptors (Lipinski definition) is 6. The van der Waals surface area contributed by atoms with Crippen molar-refractivity contribution in [2.75, 3.05) is 33.0 Å². The van der Waals surface area contributed by atoms with Crippen LogP contribution in [-0.4, -0.2) is 59.5 Å². The van der Waals surface area contributed by atoms with Crippen molar-refractivity contribution in [3.8, 4) is 11.5 Å². The third-order valence-electron chi connectivity index (χ3n) is 4.62. The molecule has 2 amide bonds. The second-order valence-corrected chi connectivity index (χ2v) is 9.26. The maximum atomic E-state index is 13.1. The predicted octanol–water partition coefficient (Wildman–Crippen LogP) is 2.67. The first-order valence-electron chi connectivity index (χ1n) is 9.48. The van der Waals surface area contributed by atoms with E-state index in [9.17, 15) is 18.0 Å². The largest absolute Gasteiger partial charge is 0.495 e. The summed E-state index contributed by atoms with van der Waals surface area (Å²) in [5.74, 6) is -0.335. The molecule has 1 unspecified atom stereocenters. The van der Waals surface area contributed by atoms with Gasteiger partial charge in [0.1, 0.15) is 17.5 Å². The zero-order valence-corrected chi connectivity index (χ0v) is 20.2. The monoisotopic (exact) mass is 483 g/mol. The number of rotatable bonds is 8. The van der Waals surface area contributed by atoms with Crippen LogP contribution in [0, 0.1) is 6.92 Å². The second kappa shape index (κ2) is 10.1. The molecular weight excluding hydrogens is 458 g/mol. The van der Waals surface area contributed by atoms with Crippen molar-refractivity contribution in [3.05, 3.63) is 46.5 Å². The molecule has 0 aliphatic heterocycles. The SMILES string of the molecule is COc1cc(OC)c(NS(=O)(=O)c2cc(C(=O)NC(C)C(=O)N(C)C)ccc2C)cc1Cl. The van der Waals surface area contributed by atoms with Crippen LogP contribution in [0.25, 0.3) is 0 Å². The molecule has 1 atom stereocenters. The van der Waals surface area contributed by atoms with Crippen molar-refractivity contribution in [2.24, 2.45) is 0 Å². The Bertz CT molecular complexity index is 1130. The Balaban J connectivity index is 2.38. The molecule has 0 radical (unpaired) electrons. The van der Waals surface area contributed by atoms with Crippen molar-refractivity contribution in [3.63, 3.8) is 0 Å². The number of anilines is 1. The molecule has 32 heavy (non-hydrogen) atoms. The standard InChI is InChI=1S/C21H26ClN3O6S/c1-12-7-8-14(20(26)23-13(2)21(27)25(3)4)9-19(12)32(28,29)24-16-10-15(22)17(30-5)11-18(16)31-6/h7-11,13,24H,1-6H3,(H,23,26). The Morgan fingerprint density at radius 1 is 1.06 bits per heavy atom. The van der Waals surface area contributed by atoms with Crippen LogP contribution < -0.4 is 19.5 Å². The van der Waals surface area contributed by atoms with E-state index >= 15 is 0 Å². The van der Waals surface area contributed by atoms with Crippen molar-refractivity contribution in [1.82, 2.24) is 10.2 Å². The van der Waals surface area contributed by atoms with Gasteiger partial charge in [-0.05, 0) is 37.6 Å². The fourth-order valence-corrected chi connectivity index (χ4v) is 4.47. The van der Waals surface area contributed by atoms with Crippen molar-refractivity contribution in [2.45, 2.75) is 24.8 Å². The first-order valence-corrected chi connectivity index (χ1v) is 11.3. The van der Waals surface area contributed by atoms with E-state index in [1.807, 2.05) is 0 Å². The van der Waals surface area contributed by atoms with E-state index in [0.717, 1.165) is 0 Å². The highest BCUT2D eigenvalue weighted by molar-refractivity contribution is 7.92. The summed E-state index contributed by atoms with van der Waals surface area (Å²) >= 11 is 6.13. The lowest BCUT2D eigenvalue weighted by Crippen LogP contribution is -2.44. The normalized spacial score (nSPS) is 12.0. The number of amides is 2. The molecule has 0 aliphatic carbocycles. The summed E-state index contributed by atoms with van der Waals surface area (Å²) in [6.45, 7) is 3.15. The quantitative estimate of drug-likeness (QED) is 0.596. The van der Waals surface area contributed by atoms with Gasteiger partial charge in [-0.15, -0.1) is 0 Å². The molecule has 2 rings (SSSR count). The van der Waals surface area contributed by atoms with E-state index in [1.54, 1.807) is 27.9 Å². The van der Waals surface area contributed by atoms with Crippen molar-refractivity contribution >= 4 is 39.1 Å². The van der Waals surface area contributed by atoms with Gasteiger partial charge in [0.15, 0.2) is 0 Å². The number of carbonyl (C=O) groups is 2. The van der Waals surface area contributed by atoms with E-state index in [-0.39, 0.29) is 32.8 Å². The number of nitrogens with one attached hydrogen (secondary N) is 2. The van der Waals surface area contributed by atoms with Crippen molar-refractivity contribution in [1.29, 1.82) is 0 Å². The molecule has 0 fully saturated rings. The smallest absolute Gasteiger partial charge is 0.262 e. The zero-order valence-electron chi connectivity index (χ0n) is 18.6. The molecule has 2 aromatic rings. The molecule has 2 N–H and O–H groups in total. The van der Waals surface area contributed by atoms with E-state index in [4.69, 9.17) is 21.1 Å². The van der Waals surface area contributed by atoms with Gasteiger partial charge in [0.25, 0.3) is 15.9 Å². The Labute approximate surface area is 192 Å². The molecule has 2 aromatic carbocycles. The Hall–Kier alpha value is -2.98. The molecule has 0 spiro atoms. The Morgan fingerprint density at radius 3 is 2.25 bits per heavy atom. The van der Waals surface area contributed by atoms with Gasteiger partial charge in [0.05, 0.1) is 29.8 Å². The number of benzene rings is 2. The number of likely N-dealkylation sites (N-methyl/N-ethyl adjacent to an activating group) is 1. The van der Waals surface area contributed by atoms with Crippen LogP contribution >= 0.6 is 11.6 Å². The number of nitrogens with zero attached hydrogens (tertiary/aromatic N) is 1. The molecule has 0 aliphatic rings. The van der Waals surface area contributed by atoms with E-state index in [0.29, 0.717) is 11.3 Å². The van der Waals surface area contributed by atoms with Gasteiger partial charge in [-0.2, -0.15) is 0 Å². The number of methoxy groups -OCH3 is 2. The molecule has 0 heterocycles. The highest BCUT2D eigenvalue weighted by Gasteiger charge is 2.23. The number of sulfonamides is 1. The maximum absolute atomic E-state index is 13.1. The molecule has 9 nitrogen and oxygen atoms in total. The third-order valence-corrected chi connectivity index (χ3v) is 6.42. The van der Waals surface area contributed by atoms with E-state index < -0.39 is 22.0 Å². The molecule has 174 valence electrons. The Kier molecular flexibility index (Phi) is 7.97. The molecule has 11 heteroatoms. The summed E-state index contributed by atoms with van der Waals surface area (Å²) in [5.41, 5.74) is 0.622. The Morgan fingerprint density at radius 2 is 1.69 bits per heavy atom. The van der Waals surface area contributed by atoms with Crippen LogP contribution in [0.15, 0.2) is 35.2 Å². The van der Waals surface area contributed by atoms with E-state index in [1.165, 1.54) is 49.5 Å². The number of hydrogen-bond donors (Lipinski definition) is 2. The summed E-state index contributed by atoms with van der Waals surface area (Å²) in [4.78, 5) is 25.8. The fraction of sp³-hybridized carbons (Fsp3) is 0.333. The van der Waals surface area contributed by atoms with Crippen LogP contribution in [0.1, 0.15) is 22.8 Å². The number of halogens is 1. The number of ether oxygens (including phenoxy) is 2. The lowest BCUT2D eigenvalue weighted by atomic mass is 10.1. The summed E-state index contributed by atoms with van der Waals surface area (Å²) < 4.78 is 39.0.